The van der Waals surface area contributed by atoms with Crippen LogP contribution in [0.4, 0.5) is 0 Å². The summed E-state index contributed by atoms with van der Waals surface area (Å²) >= 11 is 0. The van der Waals surface area contributed by atoms with Crippen molar-refractivity contribution in [1.29, 1.82) is 0 Å². The molecule has 0 saturated heterocycles. The topological polar surface area (TPSA) is 237 Å². The van der Waals surface area contributed by atoms with Crippen molar-refractivity contribution < 1.29 is 80.2 Å². The van der Waals surface area contributed by atoms with Gasteiger partial charge in [0.15, 0.2) is 12.2 Å². The zero-order valence-electron chi connectivity index (χ0n) is 62.7. The predicted octanol–water partition coefficient (Wildman–Crippen LogP) is 22.7. The normalized spacial score (nSPS) is 14.3. The highest BCUT2D eigenvalue weighted by Crippen LogP contribution is 2.45. The minimum atomic E-state index is -4.96. The Balaban J connectivity index is 5.24. The van der Waals surface area contributed by atoms with E-state index in [4.69, 9.17) is 37.0 Å². The average molecular weight is 1410 g/mol. The quantitative estimate of drug-likeness (QED) is 0.0222. The zero-order chi connectivity index (χ0) is 70.7. The molecule has 6 atom stereocenters. The number of hydrogen-bond donors (Lipinski definition) is 3. The van der Waals surface area contributed by atoms with E-state index in [1.807, 2.05) is 0 Å². The third kappa shape index (κ3) is 69.2. The molecule has 0 fully saturated rings. The lowest BCUT2D eigenvalue weighted by molar-refractivity contribution is -0.161. The summed E-state index contributed by atoms with van der Waals surface area (Å²) in [5, 5.41) is 10.6. The standard InChI is InChI=1S/C77H150O17P2/c1-7-10-12-14-16-18-19-20-21-22-26-29-36-42-48-54-60-75(80)88-66-73(93-76(81)61-55-49-43-37-30-27-24-23-25-28-34-39-45-51-57-69(4)5)68-92-96(85,86)90-64-71(78)63-89-95(83,84)91-67-72(65-87-74(79)59-53-47-41-33-17-15-13-11-8-2)94-77(82)62-56-50-44-38-32-31-35-40-46-52-58-70(6)9-3/h69-73,78H,7-68H2,1-6H3,(H,83,84)(H,85,86)/t70?,71-,72+,73+/m0/s1. The van der Waals surface area contributed by atoms with Gasteiger partial charge in [0.25, 0.3) is 0 Å². The van der Waals surface area contributed by atoms with Gasteiger partial charge in [-0.2, -0.15) is 0 Å². The molecule has 3 unspecified atom stereocenters. The van der Waals surface area contributed by atoms with Crippen LogP contribution in [0.1, 0.15) is 401 Å². The summed E-state index contributed by atoms with van der Waals surface area (Å²) in [4.78, 5) is 72.8. The first-order valence-electron chi connectivity index (χ1n) is 40.0. The Morgan fingerprint density at radius 1 is 0.302 bits per heavy atom. The van der Waals surface area contributed by atoms with E-state index in [9.17, 15) is 43.2 Å². The number of aliphatic hydroxyl groups excluding tert-OH is 1. The third-order valence-electron chi connectivity index (χ3n) is 18.3. The van der Waals surface area contributed by atoms with Crippen molar-refractivity contribution in [2.75, 3.05) is 39.6 Å². The Kier molecular flexibility index (Phi) is 67.4. The number of unbranched alkanes of at least 4 members (excludes halogenated alkanes) is 45. The minimum absolute atomic E-state index is 0.106. The van der Waals surface area contributed by atoms with Gasteiger partial charge >= 0.3 is 39.5 Å². The van der Waals surface area contributed by atoms with Gasteiger partial charge in [-0.15, -0.1) is 0 Å². The summed E-state index contributed by atoms with van der Waals surface area (Å²) in [5.41, 5.74) is 0. The van der Waals surface area contributed by atoms with Gasteiger partial charge in [-0.1, -0.05) is 350 Å². The van der Waals surface area contributed by atoms with Crippen LogP contribution in [-0.4, -0.2) is 96.7 Å². The average Bonchev–Trinajstić information content (AvgIpc) is 1.79. The van der Waals surface area contributed by atoms with Crippen molar-refractivity contribution in [3.05, 3.63) is 0 Å². The van der Waals surface area contributed by atoms with Crippen molar-refractivity contribution in [3.8, 4) is 0 Å². The molecule has 0 aromatic heterocycles. The second-order valence-electron chi connectivity index (χ2n) is 28.5. The molecule has 17 nitrogen and oxygen atoms in total. The maximum absolute atomic E-state index is 13.1. The van der Waals surface area contributed by atoms with Crippen LogP contribution >= 0.6 is 15.6 Å². The molecule has 0 rings (SSSR count). The summed E-state index contributed by atoms with van der Waals surface area (Å²) in [6.07, 6.45) is 56.7. The Morgan fingerprint density at radius 2 is 0.531 bits per heavy atom. The van der Waals surface area contributed by atoms with Crippen LogP contribution in [0.3, 0.4) is 0 Å². The van der Waals surface area contributed by atoms with Gasteiger partial charge in [-0.05, 0) is 37.5 Å². The van der Waals surface area contributed by atoms with Crippen molar-refractivity contribution in [2.45, 2.75) is 419 Å². The highest BCUT2D eigenvalue weighted by Gasteiger charge is 2.30. The van der Waals surface area contributed by atoms with Crippen LogP contribution in [0.25, 0.3) is 0 Å². The van der Waals surface area contributed by atoms with Gasteiger partial charge in [0.05, 0.1) is 26.4 Å². The van der Waals surface area contributed by atoms with E-state index in [1.165, 1.54) is 218 Å². The first-order chi connectivity index (χ1) is 46.4. The van der Waals surface area contributed by atoms with Crippen LogP contribution in [0.15, 0.2) is 0 Å². The van der Waals surface area contributed by atoms with Crippen molar-refractivity contribution >= 4 is 39.5 Å². The van der Waals surface area contributed by atoms with Crippen LogP contribution < -0.4 is 0 Å². The number of carbonyl (C=O) groups excluding carboxylic acids is 4. The summed E-state index contributed by atoms with van der Waals surface area (Å²) < 4.78 is 68.6. The molecule has 0 heterocycles. The van der Waals surface area contributed by atoms with Crippen molar-refractivity contribution in [3.63, 3.8) is 0 Å². The van der Waals surface area contributed by atoms with E-state index < -0.39 is 97.5 Å². The Bertz CT molecular complexity index is 1860. The molecule has 0 spiro atoms. The smallest absolute Gasteiger partial charge is 0.462 e. The molecule has 0 aliphatic carbocycles. The van der Waals surface area contributed by atoms with E-state index in [0.29, 0.717) is 25.7 Å². The van der Waals surface area contributed by atoms with Gasteiger partial charge in [-0.3, -0.25) is 37.3 Å². The monoisotopic (exact) mass is 1410 g/mol. The number of hydrogen-bond acceptors (Lipinski definition) is 15. The zero-order valence-corrected chi connectivity index (χ0v) is 64.5. The number of aliphatic hydroxyl groups is 1. The summed E-state index contributed by atoms with van der Waals surface area (Å²) in [6, 6.07) is 0. The Hall–Kier alpha value is -1.94. The van der Waals surface area contributed by atoms with Gasteiger partial charge in [0, 0.05) is 25.7 Å². The molecule has 0 aromatic carbocycles. The second kappa shape index (κ2) is 68.8. The molecule has 96 heavy (non-hydrogen) atoms. The number of esters is 4. The summed E-state index contributed by atoms with van der Waals surface area (Å²) in [5.74, 6) is -0.516. The molecule has 0 bridgehead atoms. The highest BCUT2D eigenvalue weighted by atomic mass is 31.2. The number of phosphoric acid groups is 2. The number of phosphoric ester groups is 2. The molecule has 3 N–H and O–H groups in total. The fraction of sp³-hybridized carbons (Fsp3) is 0.948. The van der Waals surface area contributed by atoms with E-state index in [2.05, 4.69) is 41.5 Å². The molecule has 19 heteroatoms. The fourth-order valence-electron chi connectivity index (χ4n) is 11.8. The van der Waals surface area contributed by atoms with Gasteiger partial charge in [0.1, 0.15) is 19.3 Å². The highest BCUT2D eigenvalue weighted by molar-refractivity contribution is 7.47. The number of ether oxygens (including phenoxy) is 4. The van der Waals surface area contributed by atoms with Crippen molar-refractivity contribution in [1.82, 2.24) is 0 Å². The molecular formula is C77H150O17P2. The summed E-state index contributed by atoms with van der Waals surface area (Å²) in [6.45, 7) is 9.64. The van der Waals surface area contributed by atoms with E-state index in [-0.39, 0.29) is 25.7 Å². The predicted molar refractivity (Wildman–Crippen MR) is 391 cm³/mol. The first kappa shape index (κ1) is 94.1. The van der Waals surface area contributed by atoms with E-state index in [0.717, 1.165) is 102 Å². The first-order valence-corrected chi connectivity index (χ1v) is 43.0. The molecule has 0 amide bonds. The minimum Gasteiger partial charge on any atom is -0.462 e. The van der Waals surface area contributed by atoms with Crippen LogP contribution in [-0.2, 0) is 65.4 Å². The van der Waals surface area contributed by atoms with Crippen LogP contribution in [0.2, 0.25) is 0 Å². The summed E-state index contributed by atoms with van der Waals surface area (Å²) in [7, 11) is -9.91. The fourth-order valence-corrected chi connectivity index (χ4v) is 13.4. The SMILES string of the molecule is CCCCCCCCCCCCCCCCCCC(=O)OC[C@H](COP(=O)(O)OC[C@@H](O)COP(=O)(O)OC[C@@H](COC(=O)CCCCCCCCCCC)OC(=O)CCCCCCCCCCCCC(C)CC)OC(=O)CCCCCCCCCCCCCCCCC(C)C. The lowest BCUT2D eigenvalue weighted by Gasteiger charge is -2.21. The molecule has 0 aromatic rings. The number of rotatable bonds is 76. The van der Waals surface area contributed by atoms with E-state index >= 15 is 0 Å². The number of carbonyl (C=O) groups is 4. The second-order valence-corrected chi connectivity index (χ2v) is 31.4. The van der Waals surface area contributed by atoms with Gasteiger partial charge < -0.3 is 33.8 Å². The van der Waals surface area contributed by atoms with Crippen molar-refractivity contribution in [2.24, 2.45) is 11.8 Å². The van der Waals surface area contributed by atoms with Crippen LogP contribution in [0, 0.1) is 11.8 Å². The molecular weight excluding hydrogens is 1260 g/mol. The van der Waals surface area contributed by atoms with E-state index in [1.54, 1.807) is 0 Å². The maximum atomic E-state index is 13.1. The lowest BCUT2D eigenvalue weighted by Crippen LogP contribution is -2.30. The molecule has 570 valence electrons. The molecule has 0 aliphatic heterocycles. The van der Waals surface area contributed by atoms with Gasteiger partial charge in [-0.25, -0.2) is 9.13 Å². The molecule has 0 radical (unpaired) electrons. The lowest BCUT2D eigenvalue weighted by atomic mass is 9.99. The van der Waals surface area contributed by atoms with Crippen LogP contribution in [0.5, 0.6) is 0 Å². The third-order valence-corrected chi connectivity index (χ3v) is 20.2. The molecule has 0 aliphatic rings. The van der Waals surface area contributed by atoms with Gasteiger partial charge in [0.2, 0.25) is 0 Å². The molecule has 0 saturated carbocycles. The Labute approximate surface area is 588 Å². The Morgan fingerprint density at radius 3 is 0.792 bits per heavy atom. The largest absolute Gasteiger partial charge is 0.472 e. The maximum Gasteiger partial charge on any atom is 0.472 e.